The van der Waals surface area contributed by atoms with Crippen molar-refractivity contribution in [2.24, 2.45) is 0 Å². The van der Waals surface area contributed by atoms with Gasteiger partial charge < -0.3 is 9.64 Å². The van der Waals surface area contributed by atoms with Gasteiger partial charge in [0, 0.05) is 12.6 Å². The fourth-order valence-electron chi connectivity index (χ4n) is 2.35. The van der Waals surface area contributed by atoms with E-state index >= 15 is 0 Å². The van der Waals surface area contributed by atoms with Crippen LogP contribution in [0.3, 0.4) is 0 Å². The lowest BCUT2D eigenvalue weighted by Crippen LogP contribution is -2.32. The molecule has 1 unspecified atom stereocenters. The van der Waals surface area contributed by atoms with E-state index in [1.54, 1.807) is 0 Å². The van der Waals surface area contributed by atoms with Gasteiger partial charge in [-0.3, -0.25) is 0 Å². The standard InChI is InChI=1S/C13H20N2O2S/c1-9-7-5-4-6-8-15(9)13-14-10(2)11(18-13)12(16)17-3/h9H,4-8H2,1-3H3. The van der Waals surface area contributed by atoms with Crippen LogP contribution in [0.1, 0.15) is 48.0 Å². The summed E-state index contributed by atoms with van der Waals surface area (Å²) in [5, 5.41) is 0.960. The number of hydrogen-bond donors (Lipinski definition) is 0. The van der Waals surface area contributed by atoms with Gasteiger partial charge in [0.05, 0.1) is 12.8 Å². The normalized spacial score (nSPS) is 20.6. The molecule has 0 saturated carbocycles. The maximum Gasteiger partial charge on any atom is 0.350 e. The summed E-state index contributed by atoms with van der Waals surface area (Å²) in [4.78, 5) is 19.1. The number of anilines is 1. The van der Waals surface area contributed by atoms with Gasteiger partial charge in [0.1, 0.15) is 4.88 Å². The van der Waals surface area contributed by atoms with E-state index in [-0.39, 0.29) is 5.97 Å². The molecule has 0 aromatic carbocycles. The van der Waals surface area contributed by atoms with Crippen molar-refractivity contribution in [1.82, 2.24) is 4.98 Å². The Balaban J connectivity index is 2.24. The molecular formula is C13H20N2O2S. The Morgan fingerprint density at radius 2 is 2.22 bits per heavy atom. The predicted molar refractivity (Wildman–Crippen MR) is 73.5 cm³/mol. The minimum absolute atomic E-state index is 0.279. The van der Waals surface area contributed by atoms with Crippen LogP contribution in [0.25, 0.3) is 0 Å². The Morgan fingerprint density at radius 1 is 1.44 bits per heavy atom. The maximum atomic E-state index is 11.6. The third-order valence-electron chi connectivity index (χ3n) is 3.45. The second kappa shape index (κ2) is 5.69. The van der Waals surface area contributed by atoms with Crippen LogP contribution in [0.2, 0.25) is 0 Å². The van der Waals surface area contributed by atoms with E-state index in [1.165, 1.54) is 44.1 Å². The molecule has 0 aliphatic carbocycles. The number of esters is 1. The minimum atomic E-state index is -0.279. The Labute approximate surface area is 112 Å². The molecule has 1 aliphatic heterocycles. The molecular weight excluding hydrogens is 248 g/mol. The van der Waals surface area contributed by atoms with Crippen LogP contribution in [0.5, 0.6) is 0 Å². The molecule has 0 N–H and O–H groups in total. The van der Waals surface area contributed by atoms with Crippen molar-refractivity contribution in [3.63, 3.8) is 0 Å². The van der Waals surface area contributed by atoms with Crippen molar-refractivity contribution < 1.29 is 9.53 Å². The highest BCUT2D eigenvalue weighted by atomic mass is 32.1. The number of rotatable bonds is 2. The zero-order chi connectivity index (χ0) is 13.1. The summed E-state index contributed by atoms with van der Waals surface area (Å²) in [6.07, 6.45) is 4.98. The molecule has 1 aromatic heterocycles. The number of aryl methyl sites for hydroxylation is 1. The molecule has 0 amide bonds. The summed E-state index contributed by atoms with van der Waals surface area (Å²) in [7, 11) is 1.41. The molecule has 1 atom stereocenters. The van der Waals surface area contributed by atoms with Gasteiger partial charge in [0.15, 0.2) is 5.13 Å². The molecule has 0 radical (unpaired) electrons. The van der Waals surface area contributed by atoms with Crippen LogP contribution in [-0.2, 0) is 4.74 Å². The average Bonchev–Trinajstić information content (AvgIpc) is 2.60. The Hall–Kier alpha value is -1.10. The minimum Gasteiger partial charge on any atom is -0.465 e. The van der Waals surface area contributed by atoms with Crippen LogP contribution in [0.15, 0.2) is 0 Å². The van der Waals surface area contributed by atoms with E-state index < -0.39 is 0 Å². The van der Waals surface area contributed by atoms with Crippen LogP contribution >= 0.6 is 11.3 Å². The Kier molecular flexibility index (Phi) is 4.22. The zero-order valence-corrected chi connectivity index (χ0v) is 12.0. The monoisotopic (exact) mass is 268 g/mol. The summed E-state index contributed by atoms with van der Waals surface area (Å²) >= 11 is 1.45. The molecule has 1 fully saturated rings. The fraction of sp³-hybridized carbons (Fsp3) is 0.692. The number of carbonyl (C=O) groups excluding carboxylic acids is 1. The highest BCUT2D eigenvalue weighted by molar-refractivity contribution is 7.17. The Morgan fingerprint density at radius 3 is 2.94 bits per heavy atom. The fourth-order valence-corrected chi connectivity index (χ4v) is 3.46. The van der Waals surface area contributed by atoms with Crippen LogP contribution < -0.4 is 4.90 Å². The van der Waals surface area contributed by atoms with E-state index in [1.807, 2.05) is 6.92 Å². The molecule has 2 rings (SSSR count). The lowest BCUT2D eigenvalue weighted by molar-refractivity contribution is 0.0605. The van der Waals surface area contributed by atoms with E-state index in [4.69, 9.17) is 4.74 Å². The van der Waals surface area contributed by atoms with Gasteiger partial charge in [-0.1, -0.05) is 24.2 Å². The quantitative estimate of drug-likeness (QED) is 0.773. The third-order valence-corrected chi connectivity index (χ3v) is 4.63. The summed E-state index contributed by atoms with van der Waals surface area (Å²) in [5.74, 6) is -0.279. The zero-order valence-electron chi connectivity index (χ0n) is 11.2. The molecule has 4 nitrogen and oxygen atoms in total. The molecule has 0 bridgehead atoms. The van der Waals surface area contributed by atoms with Crippen LogP contribution in [0.4, 0.5) is 5.13 Å². The van der Waals surface area contributed by atoms with E-state index in [0.717, 1.165) is 17.4 Å². The predicted octanol–water partition coefficient (Wildman–Crippen LogP) is 3.01. The van der Waals surface area contributed by atoms with Gasteiger partial charge in [0.2, 0.25) is 0 Å². The first-order valence-corrected chi connectivity index (χ1v) is 7.27. The molecule has 1 aromatic rings. The molecule has 18 heavy (non-hydrogen) atoms. The average molecular weight is 268 g/mol. The van der Waals surface area contributed by atoms with Crippen molar-refractivity contribution >= 4 is 22.4 Å². The molecule has 1 aliphatic rings. The summed E-state index contributed by atoms with van der Waals surface area (Å²) in [6.45, 7) is 5.14. The SMILES string of the molecule is COC(=O)c1sc(N2CCCCCC2C)nc1C. The number of carbonyl (C=O) groups is 1. The summed E-state index contributed by atoms with van der Waals surface area (Å²) in [5.41, 5.74) is 0.776. The summed E-state index contributed by atoms with van der Waals surface area (Å²) < 4.78 is 4.78. The van der Waals surface area contributed by atoms with E-state index in [0.29, 0.717) is 10.9 Å². The van der Waals surface area contributed by atoms with Crippen molar-refractivity contribution in [2.45, 2.75) is 45.6 Å². The number of aromatic nitrogens is 1. The topological polar surface area (TPSA) is 42.4 Å². The van der Waals surface area contributed by atoms with Crippen LogP contribution in [-0.4, -0.2) is 30.6 Å². The number of thiazole rings is 1. The maximum absolute atomic E-state index is 11.6. The van der Waals surface area contributed by atoms with Gasteiger partial charge >= 0.3 is 5.97 Å². The van der Waals surface area contributed by atoms with Crippen molar-refractivity contribution in [3.05, 3.63) is 10.6 Å². The largest absolute Gasteiger partial charge is 0.465 e. The van der Waals surface area contributed by atoms with Gasteiger partial charge in [0.25, 0.3) is 0 Å². The van der Waals surface area contributed by atoms with Gasteiger partial charge in [-0.25, -0.2) is 9.78 Å². The second-order valence-corrected chi connectivity index (χ2v) is 5.77. The van der Waals surface area contributed by atoms with Crippen molar-refractivity contribution in [1.29, 1.82) is 0 Å². The van der Waals surface area contributed by atoms with E-state index in [9.17, 15) is 4.79 Å². The van der Waals surface area contributed by atoms with Crippen molar-refractivity contribution in [3.8, 4) is 0 Å². The number of nitrogens with zero attached hydrogens (tertiary/aromatic N) is 2. The number of hydrogen-bond acceptors (Lipinski definition) is 5. The first-order chi connectivity index (χ1) is 8.63. The molecule has 100 valence electrons. The number of ether oxygens (including phenoxy) is 1. The first-order valence-electron chi connectivity index (χ1n) is 6.46. The van der Waals surface area contributed by atoms with Crippen LogP contribution in [0, 0.1) is 6.92 Å². The Bertz CT molecular complexity index is 431. The third kappa shape index (κ3) is 2.66. The highest BCUT2D eigenvalue weighted by Gasteiger charge is 2.23. The molecule has 1 saturated heterocycles. The van der Waals surface area contributed by atoms with Gasteiger partial charge in [-0.15, -0.1) is 0 Å². The van der Waals surface area contributed by atoms with Gasteiger partial charge in [-0.2, -0.15) is 0 Å². The first kappa shape index (κ1) is 13.3. The highest BCUT2D eigenvalue weighted by Crippen LogP contribution is 2.30. The smallest absolute Gasteiger partial charge is 0.350 e. The molecule has 2 heterocycles. The second-order valence-electron chi connectivity index (χ2n) is 4.79. The number of methoxy groups -OCH3 is 1. The lowest BCUT2D eigenvalue weighted by Gasteiger charge is -2.26. The van der Waals surface area contributed by atoms with E-state index in [2.05, 4.69) is 16.8 Å². The van der Waals surface area contributed by atoms with Crippen molar-refractivity contribution in [2.75, 3.05) is 18.6 Å². The summed E-state index contributed by atoms with van der Waals surface area (Å²) in [6, 6.07) is 0.503. The lowest BCUT2D eigenvalue weighted by atomic mass is 10.1. The van der Waals surface area contributed by atoms with Gasteiger partial charge in [-0.05, 0) is 26.7 Å². The molecule has 0 spiro atoms. The molecule has 5 heteroatoms.